The van der Waals surface area contributed by atoms with Crippen LogP contribution in [0.3, 0.4) is 0 Å². The molecule has 0 saturated carbocycles. The lowest BCUT2D eigenvalue weighted by atomic mass is 9.94. The van der Waals surface area contributed by atoms with Crippen molar-refractivity contribution >= 4 is 0 Å². The first-order valence-corrected chi connectivity index (χ1v) is 5.36. The average molecular weight is 198 g/mol. The van der Waals surface area contributed by atoms with Gasteiger partial charge >= 0.3 is 0 Å². The number of hydrogen-bond acceptors (Lipinski definition) is 1. The lowest BCUT2D eigenvalue weighted by Gasteiger charge is -2.20. The molecule has 15 heavy (non-hydrogen) atoms. The van der Waals surface area contributed by atoms with Crippen LogP contribution in [0.15, 0.2) is 24.7 Å². The zero-order chi connectivity index (χ0) is 10.4. The van der Waals surface area contributed by atoms with Crippen LogP contribution < -0.4 is 0 Å². The van der Waals surface area contributed by atoms with Crippen molar-refractivity contribution in [2.24, 2.45) is 0 Å². The molecule has 0 saturated heterocycles. The Hall–Kier alpha value is -1.57. The third-order valence-corrected chi connectivity index (χ3v) is 3.33. The van der Waals surface area contributed by atoms with Crippen LogP contribution in [0.4, 0.5) is 0 Å². The first kappa shape index (κ1) is 8.72. The highest BCUT2D eigenvalue weighted by Gasteiger charge is 2.16. The fourth-order valence-corrected chi connectivity index (χ4v) is 2.29. The topological polar surface area (TPSA) is 17.8 Å². The predicted octanol–water partition coefficient (Wildman–Crippen LogP) is 2.72. The third-order valence-electron chi connectivity index (χ3n) is 3.33. The number of imidazole rings is 1. The summed E-state index contributed by atoms with van der Waals surface area (Å²) in [4.78, 5) is 4.22. The van der Waals surface area contributed by atoms with Crippen molar-refractivity contribution < 1.29 is 0 Å². The largest absolute Gasteiger partial charge is 0.330 e. The van der Waals surface area contributed by atoms with Gasteiger partial charge in [0, 0.05) is 12.1 Å². The minimum Gasteiger partial charge on any atom is -0.330 e. The van der Waals surface area contributed by atoms with Crippen molar-refractivity contribution in [1.82, 2.24) is 9.55 Å². The highest BCUT2D eigenvalue weighted by Crippen LogP contribution is 2.30. The number of nitrogens with zero attached hydrogens (tertiary/aromatic N) is 2. The summed E-state index contributed by atoms with van der Waals surface area (Å²) in [5.41, 5.74) is 6.84. The van der Waals surface area contributed by atoms with Crippen molar-refractivity contribution in [2.45, 2.75) is 26.8 Å². The van der Waals surface area contributed by atoms with Crippen LogP contribution in [0.5, 0.6) is 0 Å². The Kier molecular flexibility index (Phi) is 1.72. The summed E-state index contributed by atoms with van der Waals surface area (Å²) in [6.45, 7) is 5.41. The van der Waals surface area contributed by atoms with Gasteiger partial charge in [0.1, 0.15) is 0 Å². The van der Waals surface area contributed by atoms with Gasteiger partial charge in [0.15, 0.2) is 0 Å². The molecular weight excluding hydrogens is 184 g/mol. The Labute approximate surface area is 89.6 Å². The van der Waals surface area contributed by atoms with E-state index in [1.54, 1.807) is 0 Å². The van der Waals surface area contributed by atoms with E-state index in [4.69, 9.17) is 0 Å². The van der Waals surface area contributed by atoms with Crippen LogP contribution in [0.1, 0.15) is 16.7 Å². The normalized spacial score (nSPS) is 13.5. The van der Waals surface area contributed by atoms with E-state index in [2.05, 4.69) is 35.5 Å². The Bertz CT molecular complexity index is 523. The van der Waals surface area contributed by atoms with Crippen LogP contribution in [-0.2, 0) is 13.0 Å². The van der Waals surface area contributed by atoms with Crippen molar-refractivity contribution in [3.05, 3.63) is 41.3 Å². The molecule has 2 heteroatoms. The van der Waals surface area contributed by atoms with Crippen molar-refractivity contribution in [2.75, 3.05) is 0 Å². The maximum Gasteiger partial charge on any atom is 0.0951 e. The maximum absolute atomic E-state index is 4.22. The average Bonchev–Trinajstić information content (AvgIpc) is 2.68. The van der Waals surface area contributed by atoms with E-state index in [0.717, 1.165) is 13.0 Å². The van der Waals surface area contributed by atoms with Crippen LogP contribution in [0, 0.1) is 13.8 Å². The minimum atomic E-state index is 1.06. The zero-order valence-corrected chi connectivity index (χ0v) is 9.12. The molecule has 0 atom stereocenters. The van der Waals surface area contributed by atoms with Crippen LogP contribution >= 0.6 is 0 Å². The molecule has 0 N–H and O–H groups in total. The number of benzene rings is 1. The zero-order valence-electron chi connectivity index (χ0n) is 9.12. The van der Waals surface area contributed by atoms with Gasteiger partial charge in [0.05, 0.1) is 18.2 Å². The smallest absolute Gasteiger partial charge is 0.0951 e. The molecule has 0 spiro atoms. The Morgan fingerprint density at radius 3 is 2.87 bits per heavy atom. The quantitative estimate of drug-likeness (QED) is 0.636. The highest BCUT2D eigenvalue weighted by atomic mass is 15.0. The number of hydrogen-bond donors (Lipinski definition) is 0. The second kappa shape index (κ2) is 2.96. The molecule has 1 aliphatic rings. The second-order valence-electron chi connectivity index (χ2n) is 4.32. The molecule has 3 rings (SSSR count). The lowest BCUT2D eigenvalue weighted by molar-refractivity contribution is 0.683. The van der Waals surface area contributed by atoms with Gasteiger partial charge in [-0.25, -0.2) is 4.98 Å². The summed E-state index contributed by atoms with van der Waals surface area (Å²) >= 11 is 0. The molecule has 1 aromatic carbocycles. The molecule has 2 nitrogen and oxygen atoms in total. The summed E-state index contributed by atoms with van der Waals surface area (Å²) in [5, 5.41) is 0. The van der Waals surface area contributed by atoms with E-state index in [1.165, 1.54) is 27.9 Å². The van der Waals surface area contributed by atoms with Crippen LogP contribution in [0.25, 0.3) is 11.3 Å². The van der Waals surface area contributed by atoms with Gasteiger partial charge in [-0.3, -0.25) is 0 Å². The van der Waals surface area contributed by atoms with E-state index >= 15 is 0 Å². The summed E-state index contributed by atoms with van der Waals surface area (Å²) in [6.07, 6.45) is 5.01. The van der Waals surface area contributed by atoms with E-state index in [9.17, 15) is 0 Å². The molecule has 0 bridgehead atoms. The minimum absolute atomic E-state index is 1.06. The van der Waals surface area contributed by atoms with Gasteiger partial charge in [0.2, 0.25) is 0 Å². The Morgan fingerprint density at radius 2 is 2.00 bits per heavy atom. The first-order chi connectivity index (χ1) is 7.25. The molecule has 0 radical (unpaired) electrons. The first-order valence-electron chi connectivity index (χ1n) is 5.36. The number of aryl methyl sites for hydroxylation is 4. The van der Waals surface area contributed by atoms with Crippen molar-refractivity contribution in [3.8, 4) is 11.3 Å². The summed E-state index contributed by atoms with van der Waals surface area (Å²) < 4.78 is 2.23. The molecule has 0 unspecified atom stereocenters. The molecule has 2 aromatic rings. The fraction of sp³-hybridized carbons (Fsp3) is 0.308. The van der Waals surface area contributed by atoms with Gasteiger partial charge in [-0.15, -0.1) is 0 Å². The maximum atomic E-state index is 4.22. The highest BCUT2D eigenvalue weighted by molar-refractivity contribution is 5.67. The number of rotatable bonds is 0. The molecule has 0 fully saturated rings. The van der Waals surface area contributed by atoms with Gasteiger partial charge in [-0.05, 0) is 43.0 Å². The van der Waals surface area contributed by atoms with E-state index in [0.29, 0.717) is 0 Å². The lowest BCUT2D eigenvalue weighted by Crippen LogP contribution is -2.10. The fourth-order valence-electron chi connectivity index (χ4n) is 2.29. The Morgan fingerprint density at radius 1 is 1.20 bits per heavy atom. The SMILES string of the molecule is Cc1cc2c(cc1C)-c1cncn1CC2. The molecule has 0 aliphatic carbocycles. The van der Waals surface area contributed by atoms with Crippen LogP contribution in [0.2, 0.25) is 0 Å². The standard InChI is InChI=1S/C13H14N2/c1-9-5-11-3-4-15-8-14-7-13(15)12(11)6-10(9)2/h5-8H,3-4H2,1-2H3. The van der Waals surface area contributed by atoms with Gasteiger partial charge in [-0.2, -0.15) is 0 Å². The molecule has 1 aliphatic heterocycles. The van der Waals surface area contributed by atoms with Crippen molar-refractivity contribution in [3.63, 3.8) is 0 Å². The predicted molar refractivity (Wildman–Crippen MR) is 60.8 cm³/mol. The monoisotopic (exact) mass is 198 g/mol. The second-order valence-corrected chi connectivity index (χ2v) is 4.32. The molecule has 0 amide bonds. The molecule has 76 valence electrons. The number of fused-ring (bicyclic) bond motifs is 3. The van der Waals surface area contributed by atoms with Crippen LogP contribution in [-0.4, -0.2) is 9.55 Å². The van der Waals surface area contributed by atoms with E-state index < -0.39 is 0 Å². The molecule has 2 heterocycles. The third kappa shape index (κ3) is 1.21. The Balaban J connectivity index is 2.28. The summed E-state index contributed by atoms with van der Waals surface area (Å²) in [7, 11) is 0. The van der Waals surface area contributed by atoms with Gasteiger partial charge in [0.25, 0.3) is 0 Å². The van der Waals surface area contributed by atoms with E-state index in [1.807, 2.05) is 12.5 Å². The molecular formula is C13H14N2. The summed E-state index contributed by atoms with van der Waals surface area (Å²) in [5.74, 6) is 0. The van der Waals surface area contributed by atoms with E-state index in [-0.39, 0.29) is 0 Å². The molecule has 1 aromatic heterocycles. The van der Waals surface area contributed by atoms with Gasteiger partial charge in [-0.1, -0.05) is 6.07 Å². The van der Waals surface area contributed by atoms with Gasteiger partial charge < -0.3 is 4.57 Å². The summed E-state index contributed by atoms with van der Waals surface area (Å²) in [6, 6.07) is 4.61. The number of aromatic nitrogens is 2. The van der Waals surface area contributed by atoms with Crippen molar-refractivity contribution in [1.29, 1.82) is 0 Å².